The number of hydrogen-bond acceptors (Lipinski definition) is 2. The lowest BCUT2D eigenvalue weighted by Gasteiger charge is -2.15. The lowest BCUT2D eigenvalue weighted by Crippen LogP contribution is -1.96. The molecule has 0 atom stereocenters. The fourth-order valence-corrected chi connectivity index (χ4v) is 2.77. The molecule has 3 aromatic rings. The van der Waals surface area contributed by atoms with Crippen LogP contribution < -0.4 is 10.6 Å². The molecule has 22 heavy (non-hydrogen) atoms. The van der Waals surface area contributed by atoms with Gasteiger partial charge in [-0.1, -0.05) is 48.0 Å². The summed E-state index contributed by atoms with van der Waals surface area (Å²) in [5, 5.41) is 7.40. The molecule has 0 aliphatic carbocycles. The van der Waals surface area contributed by atoms with E-state index in [-0.39, 0.29) is 0 Å². The Kier molecular flexibility index (Phi) is 4.66. The van der Waals surface area contributed by atoms with Gasteiger partial charge in [-0.15, -0.1) is 0 Å². The van der Waals surface area contributed by atoms with Crippen LogP contribution in [-0.2, 0) is 0 Å². The fraction of sp³-hybridized carbons (Fsp3) is 0. The van der Waals surface area contributed by atoms with Crippen molar-refractivity contribution in [3.63, 3.8) is 0 Å². The van der Waals surface area contributed by atoms with Gasteiger partial charge in [0.1, 0.15) is 0 Å². The van der Waals surface area contributed by atoms with E-state index in [2.05, 4.69) is 26.6 Å². The Morgan fingerprint density at radius 2 is 1.09 bits per heavy atom. The molecule has 0 heterocycles. The molecular weight excluding hydrogens is 360 g/mol. The minimum Gasteiger partial charge on any atom is -0.354 e. The lowest BCUT2D eigenvalue weighted by molar-refractivity contribution is 1.49. The Labute approximate surface area is 143 Å². The molecule has 0 radical (unpaired) electrons. The van der Waals surface area contributed by atoms with E-state index in [9.17, 15) is 0 Å². The molecule has 0 spiro atoms. The van der Waals surface area contributed by atoms with Crippen LogP contribution >= 0.6 is 27.5 Å². The van der Waals surface area contributed by atoms with Gasteiger partial charge in [-0.3, -0.25) is 0 Å². The van der Waals surface area contributed by atoms with Gasteiger partial charge in [0.15, 0.2) is 0 Å². The van der Waals surface area contributed by atoms with Gasteiger partial charge < -0.3 is 10.6 Å². The number of halogens is 2. The van der Waals surface area contributed by atoms with Crippen LogP contribution in [0.3, 0.4) is 0 Å². The smallest absolute Gasteiger partial charge is 0.0646 e. The van der Waals surface area contributed by atoms with Gasteiger partial charge in [0.25, 0.3) is 0 Å². The number of benzene rings is 3. The first-order valence-electron chi connectivity index (χ1n) is 6.85. The van der Waals surface area contributed by atoms with Crippen LogP contribution in [0.25, 0.3) is 0 Å². The lowest BCUT2D eigenvalue weighted by atomic mass is 10.2. The highest BCUT2D eigenvalue weighted by Crippen LogP contribution is 2.37. The Morgan fingerprint density at radius 1 is 0.682 bits per heavy atom. The number of anilines is 4. The van der Waals surface area contributed by atoms with E-state index in [1.807, 2.05) is 72.8 Å². The zero-order chi connectivity index (χ0) is 15.4. The molecule has 0 saturated carbocycles. The Morgan fingerprint density at radius 3 is 1.50 bits per heavy atom. The van der Waals surface area contributed by atoms with E-state index < -0.39 is 0 Å². The predicted octanol–water partition coefficient (Wildman–Crippen LogP) is 6.59. The number of para-hydroxylation sites is 2. The SMILES string of the molecule is Clc1cc(Nc2ccccc2)c(Br)c(Nc2ccccc2)c1. The molecule has 0 fully saturated rings. The monoisotopic (exact) mass is 372 g/mol. The third-order valence-corrected chi connectivity index (χ3v) is 4.22. The van der Waals surface area contributed by atoms with Crippen molar-refractivity contribution in [1.82, 2.24) is 0 Å². The maximum atomic E-state index is 6.25. The van der Waals surface area contributed by atoms with Crippen molar-refractivity contribution in [2.24, 2.45) is 0 Å². The highest BCUT2D eigenvalue weighted by Gasteiger charge is 2.09. The summed E-state index contributed by atoms with van der Waals surface area (Å²) in [6, 6.07) is 23.8. The molecule has 0 aromatic heterocycles. The molecule has 0 unspecified atom stereocenters. The summed E-state index contributed by atoms with van der Waals surface area (Å²) in [5.74, 6) is 0. The quantitative estimate of drug-likeness (QED) is 0.539. The number of nitrogens with one attached hydrogen (secondary N) is 2. The third kappa shape index (κ3) is 3.62. The average Bonchev–Trinajstić information content (AvgIpc) is 2.54. The van der Waals surface area contributed by atoms with Gasteiger partial charge in [0.2, 0.25) is 0 Å². The molecule has 0 aliphatic rings. The second-order valence-corrected chi connectivity index (χ2v) is 6.03. The van der Waals surface area contributed by atoms with Crippen LogP contribution in [0.15, 0.2) is 77.3 Å². The summed E-state index contributed by atoms with van der Waals surface area (Å²) < 4.78 is 0.935. The van der Waals surface area contributed by atoms with Crippen molar-refractivity contribution in [2.45, 2.75) is 0 Å². The first-order chi connectivity index (χ1) is 10.7. The minimum atomic E-state index is 0.667. The summed E-state index contributed by atoms with van der Waals surface area (Å²) in [6.07, 6.45) is 0. The maximum Gasteiger partial charge on any atom is 0.0646 e. The number of hydrogen-bond donors (Lipinski definition) is 2. The molecule has 3 aromatic carbocycles. The van der Waals surface area contributed by atoms with Crippen molar-refractivity contribution in [3.8, 4) is 0 Å². The van der Waals surface area contributed by atoms with Crippen molar-refractivity contribution < 1.29 is 0 Å². The summed E-state index contributed by atoms with van der Waals surface area (Å²) in [5.41, 5.74) is 3.85. The topological polar surface area (TPSA) is 24.1 Å². The highest BCUT2D eigenvalue weighted by molar-refractivity contribution is 9.10. The first kappa shape index (κ1) is 14.9. The minimum absolute atomic E-state index is 0.667. The normalized spacial score (nSPS) is 10.3. The van der Waals surface area contributed by atoms with Crippen LogP contribution in [0.4, 0.5) is 22.7 Å². The zero-order valence-electron chi connectivity index (χ0n) is 11.7. The van der Waals surface area contributed by atoms with Crippen LogP contribution in [0, 0.1) is 0 Å². The van der Waals surface area contributed by atoms with Gasteiger partial charge in [-0.25, -0.2) is 0 Å². The third-order valence-electron chi connectivity index (χ3n) is 3.14. The summed E-state index contributed by atoms with van der Waals surface area (Å²) in [7, 11) is 0. The van der Waals surface area contributed by atoms with E-state index in [0.717, 1.165) is 27.2 Å². The molecule has 4 heteroatoms. The van der Waals surface area contributed by atoms with Crippen LogP contribution in [0.2, 0.25) is 5.02 Å². The molecule has 2 N–H and O–H groups in total. The first-order valence-corrected chi connectivity index (χ1v) is 8.02. The van der Waals surface area contributed by atoms with Gasteiger partial charge in [-0.05, 0) is 52.3 Å². The summed E-state index contributed by atoms with van der Waals surface area (Å²) >= 11 is 9.90. The maximum absolute atomic E-state index is 6.25. The average molecular weight is 374 g/mol. The van der Waals surface area contributed by atoms with E-state index in [0.29, 0.717) is 5.02 Å². The van der Waals surface area contributed by atoms with Crippen LogP contribution in [-0.4, -0.2) is 0 Å². The van der Waals surface area contributed by atoms with Gasteiger partial charge in [0.05, 0.1) is 15.8 Å². The van der Waals surface area contributed by atoms with Gasteiger partial charge in [0, 0.05) is 16.4 Å². The van der Waals surface area contributed by atoms with Gasteiger partial charge in [-0.2, -0.15) is 0 Å². The standard InChI is InChI=1S/C18H14BrClN2/c19-18-16(21-14-7-3-1-4-8-14)11-13(20)12-17(18)22-15-9-5-2-6-10-15/h1-12,21-22H. The van der Waals surface area contributed by atoms with E-state index in [4.69, 9.17) is 11.6 Å². The van der Waals surface area contributed by atoms with Crippen molar-refractivity contribution in [1.29, 1.82) is 0 Å². The summed E-state index contributed by atoms with van der Waals surface area (Å²) in [6.45, 7) is 0. The molecular formula is C18H14BrClN2. The molecule has 3 rings (SSSR count). The molecule has 0 amide bonds. The molecule has 110 valence electrons. The second kappa shape index (κ2) is 6.86. The van der Waals surface area contributed by atoms with E-state index >= 15 is 0 Å². The fourth-order valence-electron chi connectivity index (χ4n) is 2.13. The van der Waals surface area contributed by atoms with Gasteiger partial charge >= 0.3 is 0 Å². The summed E-state index contributed by atoms with van der Waals surface area (Å²) in [4.78, 5) is 0. The van der Waals surface area contributed by atoms with Crippen LogP contribution in [0.1, 0.15) is 0 Å². The molecule has 2 nitrogen and oxygen atoms in total. The largest absolute Gasteiger partial charge is 0.354 e. The van der Waals surface area contributed by atoms with Crippen molar-refractivity contribution in [3.05, 3.63) is 82.3 Å². The van der Waals surface area contributed by atoms with Crippen molar-refractivity contribution >= 4 is 50.3 Å². The van der Waals surface area contributed by atoms with Crippen molar-refractivity contribution in [2.75, 3.05) is 10.6 Å². The molecule has 0 aliphatic heterocycles. The predicted molar refractivity (Wildman–Crippen MR) is 98.6 cm³/mol. The highest BCUT2D eigenvalue weighted by atomic mass is 79.9. The molecule has 0 saturated heterocycles. The Hall–Kier alpha value is -1.97. The molecule has 0 bridgehead atoms. The number of rotatable bonds is 4. The van der Waals surface area contributed by atoms with E-state index in [1.165, 1.54) is 0 Å². The van der Waals surface area contributed by atoms with E-state index in [1.54, 1.807) is 0 Å². The Balaban J connectivity index is 1.92. The Bertz CT molecular complexity index is 698. The zero-order valence-corrected chi connectivity index (χ0v) is 14.0. The van der Waals surface area contributed by atoms with Crippen LogP contribution in [0.5, 0.6) is 0 Å². The second-order valence-electron chi connectivity index (χ2n) is 4.80.